The van der Waals surface area contributed by atoms with Gasteiger partial charge < -0.3 is 58.5 Å². The summed E-state index contributed by atoms with van der Waals surface area (Å²) < 4.78 is 50.8. The van der Waals surface area contributed by atoms with E-state index in [1.165, 1.54) is 11.1 Å². The highest BCUT2D eigenvalue weighted by molar-refractivity contribution is 6.07. The molecule has 434 valence electrons. The summed E-state index contributed by atoms with van der Waals surface area (Å²) in [5.41, 5.74) is 1.84. The zero-order valence-corrected chi connectivity index (χ0v) is 48.2. The molecule has 6 fully saturated rings. The van der Waals surface area contributed by atoms with Crippen LogP contribution in [0.15, 0.2) is 105 Å². The Bertz CT molecular complexity index is 2610. The van der Waals surface area contributed by atoms with Gasteiger partial charge in [0.2, 0.25) is 0 Å². The Balaban J connectivity index is 0.000000192. The normalized spacial score (nSPS) is 46.7. The molecule has 8 heterocycles. The van der Waals surface area contributed by atoms with Gasteiger partial charge in [0.25, 0.3) is 0 Å². The van der Waals surface area contributed by atoms with Crippen LogP contribution in [-0.4, -0.2) is 129 Å². The van der Waals surface area contributed by atoms with Crippen LogP contribution in [-0.2, 0) is 47.5 Å². The van der Waals surface area contributed by atoms with E-state index < -0.39 is 71.0 Å². The average Bonchev–Trinajstić information content (AvgIpc) is 4.00. The lowest BCUT2D eigenvalue weighted by atomic mass is 9.71. The summed E-state index contributed by atoms with van der Waals surface area (Å²) in [4.78, 5) is 27.8. The summed E-state index contributed by atoms with van der Waals surface area (Å²) in [6.07, 6.45) is 26.1. The molecule has 0 saturated carbocycles. The fourth-order valence-electron chi connectivity index (χ4n) is 14.1. The minimum atomic E-state index is -1.72. The molecule has 6 saturated heterocycles. The van der Waals surface area contributed by atoms with E-state index in [0.29, 0.717) is 66.2 Å². The second-order valence-corrected chi connectivity index (χ2v) is 25.0. The Morgan fingerprint density at radius 1 is 0.608 bits per heavy atom. The topological polar surface area (TPSA) is 214 Å². The van der Waals surface area contributed by atoms with Gasteiger partial charge in [-0.05, 0) is 126 Å². The van der Waals surface area contributed by atoms with Gasteiger partial charge in [0, 0.05) is 38.5 Å². The van der Waals surface area contributed by atoms with Gasteiger partial charge in [0.1, 0.15) is 58.9 Å². The van der Waals surface area contributed by atoms with Crippen LogP contribution in [0.25, 0.3) is 0 Å². The molecule has 16 nitrogen and oxygen atoms in total. The summed E-state index contributed by atoms with van der Waals surface area (Å²) in [6.45, 7) is 21.0. The molecule has 2 aliphatic carbocycles. The fourth-order valence-corrected chi connectivity index (χ4v) is 14.1. The molecular formula is C63H88N2O14. The van der Waals surface area contributed by atoms with Crippen molar-refractivity contribution in [1.29, 1.82) is 0 Å². The Kier molecular flexibility index (Phi) is 18.1. The third-order valence-electron chi connectivity index (χ3n) is 18.7. The molecule has 10 aliphatic rings. The summed E-state index contributed by atoms with van der Waals surface area (Å²) in [5.74, 6) is -3.22. The fraction of sp³-hybridized carbons (Fsp3) is 0.683. The van der Waals surface area contributed by atoms with Crippen molar-refractivity contribution in [3.63, 3.8) is 0 Å². The maximum Gasteiger partial charge on any atom is 0.316 e. The van der Waals surface area contributed by atoms with Crippen molar-refractivity contribution in [3.8, 4) is 0 Å². The first-order chi connectivity index (χ1) is 37.6. The zero-order chi connectivity index (χ0) is 56.6. The first-order valence-corrected chi connectivity index (χ1v) is 29.3. The number of carbonyl (C=O) groups is 2. The number of ether oxygens (including phenoxy) is 8. The third-order valence-corrected chi connectivity index (χ3v) is 18.7. The van der Waals surface area contributed by atoms with Gasteiger partial charge in [-0.3, -0.25) is 9.59 Å². The van der Waals surface area contributed by atoms with Crippen molar-refractivity contribution in [2.45, 2.75) is 224 Å². The second-order valence-electron chi connectivity index (χ2n) is 25.0. The molecule has 4 bridgehead atoms. The zero-order valence-electron chi connectivity index (χ0n) is 48.2. The maximum atomic E-state index is 13.9. The van der Waals surface area contributed by atoms with E-state index >= 15 is 0 Å². The standard InChI is InChI=1S/C32H45NO7.C31H43NO7/c1-6-27-21(4)12-13-31(40-27)17-25-16-24(39-31)11-10-20(3)14-19(2)8-7-9-23-18-37-29-28(33-36)22(5)15-26(30(34)38-25)32(23,29)35;1-18-7-6-8-23-17-36-28-27(32-35)21(4)14-26(31(23,28)34)29(33)37-25-15-24(10-9-19(2)13-18)39-30(16-25)12-11-20(3)22(5)38-30/h7-10,15,19,21,24-27,29,35-36H,6,11-14,16-18H2,1-5H3;6-9,14,18,20,22,24-26,28,34-35H,10-13,15-17H2,1-5H3/b8-7+,20-10+,23-9+,33-28-;7-6-,19-9-,23-8?,32-27-/t19-,21-,24+,25-,26-,27+,29+,31+,32+;18-,20-,22+,24+,25-,26-,28+,30-,31+/m00/s1. The largest absolute Gasteiger partial charge is 0.462 e. The number of rotatable bonds is 1. The summed E-state index contributed by atoms with van der Waals surface area (Å²) in [5, 5.41) is 50.5. The molecule has 0 radical (unpaired) electrons. The predicted octanol–water partition coefficient (Wildman–Crippen LogP) is 10.4. The van der Waals surface area contributed by atoms with Gasteiger partial charge in [-0.2, -0.15) is 0 Å². The third kappa shape index (κ3) is 12.2. The van der Waals surface area contributed by atoms with Crippen LogP contribution >= 0.6 is 0 Å². The number of fused-ring (bicyclic) bond motifs is 4. The Morgan fingerprint density at radius 3 is 1.48 bits per heavy atom. The van der Waals surface area contributed by atoms with E-state index in [1.807, 2.05) is 24.3 Å². The summed E-state index contributed by atoms with van der Waals surface area (Å²) >= 11 is 0. The predicted molar refractivity (Wildman–Crippen MR) is 297 cm³/mol. The molecule has 0 amide bonds. The van der Waals surface area contributed by atoms with Crippen molar-refractivity contribution < 1.29 is 68.1 Å². The van der Waals surface area contributed by atoms with E-state index in [2.05, 4.69) is 90.0 Å². The van der Waals surface area contributed by atoms with E-state index in [-0.39, 0.29) is 60.9 Å². The Hall–Kier alpha value is -4.52. The number of hydrogen-bond acceptors (Lipinski definition) is 16. The smallest absolute Gasteiger partial charge is 0.316 e. The van der Waals surface area contributed by atoms with E-state index in [9.17, 15) is 30.2 Å². The molecule has 16 heteroatoms. The lowest BCUT2D eigenvalue weighted by molar-refractivity contribution is -0.335. The maximum absolute atomic E-state index is 13.9. The van der Waals surface area contributed by atoms with Crippen LogP contribution in [0.1, 0.15) is 153 Å². The number of esters is 2. The molecule has 8 aliphatic heterocycles. The second kappa shape index (κ2) is 24.1. The van der Waals surface area contributed by atoms with Gasteiger partial charge in [-0.15, -0.1) is 0 Å². The lowest BCUT2D eigenvalue weighted by Crippen LogP contribution is -2.57. The van der Waals surface area contributed by atoms with Crippen LogP contribution in [0, 0.1) is 35.5 Å². The van der Waals surface area contributed by atoms with Crippen LogP contribution in [0.3, 0.4) is 0 Å². The van der Waals surface area contributed by atoms with Crippen molar-refractivity contribution in [1.82, 2.24) is 0 Å². The van der Waals surface area contributed by atoms with E-state index in [4.69, 9.17) is 37.9 Å². The molecule has 18 atom stereocenters. The molecule has 0 unspecified atom stereocenters. The molecule has 10 rings (SSSR count). The minimum absolute atomic E-state index is 0.0431. The van der Waals surface area contributed by atoms with Crippen molar-refractivity contribution in [3.05, 3.63) is 94.2 Å². The first-order valence-electron chi connectivity index (χ1n) is 29.3. The average molecular weight is 1100 g/mol. The van der Waals surface area contributed by atoms with Crippen molar-refractivity contribution in [2.24, 2.45) is 45.8 Å². The quantitative estimate of drug-likeness (QED) is 0.0833. The van der Waals surface area contributed by atoms with Gasteiger partial charge in [-0.1, -0.05) is 117 Å². The van der Waals surface area contributed by atoms with Gasteiger partial charge in [-0.25, -0.2) is 0 Å². The number of nitrogens with zero attached hydrogens (tertiary/aromatic N) is 2. The van der Waals surface area contributed by atoms with Gasteiger partial charge >= 0.3 is 11.9 Å². The highest BCUT2D eigenvalue weighted by atomic mass is 16.7. The van der Waals surface area contributed by atoms with E-state index in [1.54, 1.807) is 26.0 Å². The highest BCUT2D eigenvalue weighted by Crippen LogP contribution is 2.49. The van der Waals surface area contributed by atoms with Crippen molar-refractivity contribution >= 4 is 23.4 Å². The lowest BCUT2D eigenvalue weighted by Gasteiger charge is -2.49. The summed E-state index contributed by atoms with van der Waals surface area (Å²) in [6, 6.07) is 0. The molecule has 4 N–H and O–H groups in total. The molecule has 79 heavy (non-hydrogen) atoms. The molecular weight excluding hydrogens is 1010 g/mol. The van der Waals surface area contributed by atoms with Crippen LogP contribution < -0.4 is 0 Å². The number of allylic oxidation sites excluding steroid dienone is 8. The Labute approximate surface area is 467 Å². The highest BCUT2D eigenvalue weighted by Gasteiger charge is 2.61. The minimum Gasteiger partial charge on any atom is -0.462 e. The van der Waals surface area contributed by atoms with Crippen LogP contribution in [0.4, 0.5) is 0 Å². The van der Waals surface area contributed by atoms with Crippen LogP contribution in [0.5, 0.6) is 0 Å². The number of carbonyl (C=O) groups excluding carboxylic acids is 2. The molecule has 0 aromatic heterocycles. The number of oxime groups is 2. The number of aliphatic hydroxyl groups is 2. The van der Waals surface area contributed by atoms with Gasteiger partial charge in [0.05, 0.1) is 37.6 Å². The summed E-state index contributed by atoms with van der Waals surface area (Å²) in [7, 11) is 0. The SMILES string of the molecule is CC1=C[C@H]2C(=O)O[C@H]3C[C@@H](C/C=C(/C)C[C@@H](C)/C=C\C=C4CO[C@H](/C1=N\O)[C@@]42O)O[C@@]1(CC[C@H](C)[C@@H](C)O1)C3.CC[C@H]1O[C@]2(CC[C@@H]1C)C[C@@H]1C[C@@H](C/C=C(\C)C[C@@H](C)/C=C/C=C3\CO[C@@H]4/C(=N\O)C(C)=C[C@@H](C(=O)O1)[C@]34O)O2. The van der Waals surface area contributed by atoms with E-state index in [0.717, 1.165) is 51.4 Å². The first kappa shape index (κ1) is 59.1. The molecule has 0 aromatic carbocycles. The Morgan fingerprint density at radius 2 is 1.05 bits per heavy atom. The monoisotopic (exact) mass is 1100 g/mol. The van der Waals surface area contributed by atoms with Gasteiger partial charge in [0.15, 0.2) is 11.6 Å². The van der Waals surface area contributed by atoms with Crippen molar-refractivity contribution in [2.75, 3.05) is 13.2 Å². The molecule has 2 spiro atoms. The van der Waals surface area contributed by atoms with Crippen LogP contribution in [0.2, 0.25) is 0 Å². The number of hydrogen-bond donors (Lipinski definition) is 4. The molecule has 0 aromatic rings.